The molecular weight excluding hydrogens is 254 g/mol. The average molecular weight is 273 g/mol. The number of amides is 1. The standard InChI is InChI=1S/C14H19N5O/c1-4-10-12(15)11(5-2)19(18-10)14-9(13(16)20)7-6-8(3)17-14/h6-7H,4-5,15H2,1-3H3,(H2,16,20). The molecule has 0 unspecified atom stereocenters. The maximum absolute atomic E-state index is 11.6. The van der Waals surface area contributed by atoms with Crippen LogP contribution in [0.2, 0.25) is 0 Å². The second-order valence-corrected chi connectivity index (χ2v) is 4.61. The van der Waals surface area contributed by atoms with Gasteiger partial charge in [-0.3, -0.25) is 4.79 Å². The van der Waals surface area contributed by atoms with Crippen molar-refractivity contribution in [3.8, 4) is 5.82 Å². The number of aromatic nitrogens is 3. The monoisotopic (exact) mass is 273 g/mol. The quantitative estimate of drug-likeness (QED) is 0.878. The van der Waals surface area contributed by atoms with E-state index in [9.17, 15) is 4.79 Å². The third-order valence-electron chi connectivity index (χ3n) is 3.25. The molecule has 0 radical (unpaired) electrons. The fourth-order valence-corrected chi connectivity index (χ4v) is 2.19. The van der Waals surface area contributed by atoms with Gasteiger partial charge in [0.15, 0.2) is 5.82 Å². The molecule has 0 aliphatic heterocycles. The Labute approximate surface area is 117 Å². The van der Waals surface area contributed by atoms with E-state index in [0.29, 0.717) is 23.5 Å². The summed E-state index contributed by atoms with van der Waals surface area (Å²) in [5.41, 5.74) is 15.0. The summed E-state index contributed by atoms with van der Waals surface area (Å²) in [4.78, 5) is 16.0. The SMILES string of the molecule is CCc1nn(-c2nc(C)ccc2C(N)=O)c(CC)c1N. The Morgan fingerprint density at radius 2 is 2.00 bits per heavy atom. The van der Waals surface area contributed by atoms with E-state index in [1.165, 1.54) is 0 Å². The van der Waals surface area contributed by atoms with E-state index in [1.54, 1.807) is 16.8 Å². The Hall–Kier alpha value is -2.37. The summed E-state index contributed by atoms with van der Waals surface area (Å²) in [5, 5.41) is 4.47. The molecule has 106 valence electrons. The first-order valence-electron chi connectivity index (χ1n) is 6.63. The second kappa shape index (κ2) is 5.32. The van der Waals surface area contributed by atoms with E-state index in [0.717, 1.165) is 23.5 Å². The first-order chi connectivity index (χ1) is 9.49. The maximum atomic E-state index is 11.6. The van der Waals surface area contributed by atoms with Crippen molar-refractivity contribution >= 4 is 11.6 Å². The zero-order chi connectivity index (χ0) is 14.9. The molecule has 0 spiro atoms. The molecule has 2 heterocycles. The summed E-state index contributed by atoms with van der Waals surface area (Å²) in [5.74, 6) is -0.0811. The van der Waals surface area contributed by atoms with Crippen LogP contribution in [0.4, 0.5) is 5.69 Å². The van der Waals surface area contributed by atoms with Gasteiger partial charge in [-0.15, -0.1) is 0 Å². The summed E-state index contributed by atoms with van der Waals surface area (Å²) < 4.78 is 1.64. The molecule has 4 N–H and O–H groups in total. The first kappa shape index (κ1) is 14.0. The van der Waals surface area contributed by atoms with Crippen molar-refractivity contribution in [2.24, 2.45) is 5.73 Å². The molecule has 0 aromatic carbocycles. The summed E-state index contributed by atoms with van der Waals surface area (Å²) in [6.45, 7) is 5.83. The van der Waals surface area contributed by atoms with Crippen LogP contribution in [0.25, 0.3) is 5.82 Å². The molecule has 0 saturated carbocycles. The largest absolute Gasteiger partial charge is 0.396 e. The fraction of sp³-hybridized carbons (Fsp3) is 0.357. The molecule has 0 saturated heterocycles. The number of pyridine rings is 1. The number of hydrogen-bond acceptors (Lipinski definition) is 4. The molecule has 0 bridgehead atoms. The minimum absolute atomic E-state index is 0.343. The van der Waals surface area contributed by atoms with Crippen LogP contribution in [-0.2, 0) is 12.8 Å². The number of nitrogens with two attached hydrogens (primary N) is 2. The van der Waals surface area contributed by atoms with E-state index in [1.807, 2.05) is 20.8 Å². The number of anilines is 1. The molecule has 0 aliphatic carbocycles. The molecule has 1 amide bonds. The van der Waals surface area contributed by atoms with Gasteiger partial charge in [0.05, 0.1) is 22.6 Å². The van der Waals surface area contributed by atoms with Gasteiger partial charge in [-0.25, -0.2) is 9.67 Å². The van der Waals surface area contributed by atoms with Crippen molar-refractivity contribution in [1.29, 1.82) is 0 Å². The Kier molecular flexibility index (Phi) is 3.74. The van der Waals surface area contributed by atoms with E-state index < -0.39 is 5.91 Å². The summed E-state index contributed by atoms with van der Waals surface area (Å²) in [6, 6.07) is 3.42. The number of hydrogen-bond donors (Lipinski definition) is 2. The van der Waals surface area contributed by atoms with E-state index in [-0.39, 0.29) is 0 Å². The van der Waals surface area contributed by atoms with Crippen LogP contribution in [0.3, 0.4) is 0 Å². The second-order valence-electron chi connectivity index (χ2n) is 4.61. The van der Waals surface area contributed by atoms with Crippen molar-refractivity contribution in [3.63, 3.8) is 0 Å². The molecule has 2 aromatic heterocycles. The van der Waals surface area contributed by atoms with Crippen molar-refractivity contribution in [3.05, 3.63) is 34.8 Å². The highest BCUT2D eigenvalue weighted by atomic mass is 16.1. The van der Waals surface area contributed by atoms with Gasteiger partial charge in [0.2, 0.25) is 0 Å². The highest BCUT2D eigenvalue weighted by molar-refractivity contribution is 5.95. The number of carbonyl (C=O) groups excluding carboxylic acids is 1. The molecular formula is C14H19N5O. The third-order valence-corrected chi connectivity index (χ3v) is 3.25. The van der Waals surface area contributed by atoms with Crippen LogP contribution in [-0.4, -0.2) is 20.7 Å². The fourth-order valence-electron chi connectivity index (χ4n) is 2.19. The van der Waals surface area contributed by atoms with Gasteiger partial charge in [0, 0.05) is 5.69 Å². The van der Waals surface area contributed by atoms with Gasteiger partial charge in [-0.1, -0.05) is 13.8 Å². The predicted octanol–water partition coefficient (Wildman–Crippen LogP) is 1.38. The summed E-state index contributed by atoms with van der Waals surface area (Å²) >= 11 is 0. The van der Waals surface area contributed by atoms with Crippen LogP contribution in [0.15, 0.2) is 12.1 Å². The third kappa shape index (κ3) is 2.24. The molecule has 0 fully saturated rings. The first-order valence-corrected chi connectivity index (χ1v) is 6.63. The lowest BCUT2D eigenvalue weighted by Crippen LogP contribution is -2.18. The average Bonchev–Trinajstić information content (AvgIpc) is 2.74. The molecule has 6 heteroatoms. The van der Waals surface area contributed by atoms with Gasteiger partial charge >= 0.3 is 0 Å². The maximum Gasteiger partial charge on any atom is 0.252 e. The molecule has 0 aliphatic rings. The Bertz CT molecular complexity index is 660. The lowest BCUT2D eigenvalue weighted by atomic mass is 10.2. The van der Waals surface area contributed by atoms with Gasteiger partial charge in [0.25, 0.3) is 5.91 Å². The Morgan fingerprint density at radius 1 is 1.30 bits per heavy atom. The smallest absolute Gasteiger partial charge is 0.252 e. The topological polar surface area (TPSA) is 99.8 Å². The van der Waals surface area contributed by atoms with Gasteiger partial charge < -0.3 is 11.5 Å². The normalized spacial score (nSPS) is 10.8. The number of aryl methyl sites for hydroxylation is 2. The number of rotatable bonds is 4. The van der Waals surface area contributed by atoms with Crippen LogP contribution < -0.4 is 11.5 Å². The zero-order valence-electron chi connectivity index (χ0n) is 12.0. The van der Waals surface area contributed by atoms with Crippen LogP contribution >= 0.6 is 0 Å². The number of carbonyl (C=O) groups is 1. The van der Waals surface area contributed by atoms with Crippen LogP contribution in [0.5, 0.6) is 0 Å². The lowest BCUT2D eigenvalue weighted by Gasteiger charge is -2.10. The summed E-state index contributed by atoms with van der Waals surface area (Å²) in [7, 11) is 0. The summed E-state index contributed by atoms with van der Waals surface area (Å²) in [6.07, 6.45) is 1.43. The van der Waals surface area contributed by atoms with E-state index >= 15 is 0 Å². The van der Waals surface area contributed by atoms with Crippen molar-refractivity contribution in [2.45, 2.75) is 33.6 Å². The van der Waals surface area contributed by atoms with Crippen molar-refractivity contribution < 1.29 is 4.79 Å². The molecule has 2 aromatic rings. The Morgan fingerprint density at radius 3 is 2.55 bits per heavy atom. The Balaban J connectivity index is 2.73. The van der Waals surface area contributed by atoms with E-state index in [2.05, 4.69) is 10.1 Å². The zero-order valence-corrected chi connectivity index (χ0v) is 12.0. The van der Waals surface area contributed by atoms with E-state index in [4.69, 9.17) is 11.5 Å². The van der Waals surface area contributed by atoms with Crippen molar-refractivity contribution in [1.82, 2.24) is 14.8 Å². The molecule has 6 nitrogen and oxygen atoms in total. The highest BCUT2D eigenvalue weighted by Gasteiger charge is 2.19. The molecule has 0 atom stereocenters. The number of primary amides is 1. The minimum Gasteiger partial charge on any atom is -0.396 e. The van der Waals surface area contributed by atoms with Gasteiger partial charge in [-0.05, 0) is 31.9 Å². The lowest BCUT2D eigenvalue weighted by molar-refractivity contribution is 0.1000. The minimum atomic E-state index is -0.526. The molecule has 20 heavy (non-hydrogen) atoms. The molecule has 2 rings (SSSR count). The van der Waals surface area contributed by atoms with Gasteiger partial charge in [0.1, 0.15) is 0 Å². The highest BCUT2D eigenvalue weighted by Crippen LogP contribution is 2.23. The van der Waals surface area contributed by atoms with Crippen LogP contribution in [0.1, 0.15) is 41.3 Å². The predicted molar refractivity (Wildman–Crippen MR) is 77.8 cm³/mol. The van der Waals surface area contributed by atoms with Crippen molar-refractivity contribution in [2.75, 3.05) is 5.73 Å². The van der Waals surface area contributed by atoms with Crippen LogP contribution in [0, 0.1) is 6.92 Å². The number of nitrogen functional groups attached to an aromatic ring is 1. The number of nitrogens with zero attached hydrogens (tertiary/aromatic N) is 3. The van der Waals surface area contributed by atoms with Gasteiger partial charge in [-0.2, -0.15) is 5.10 Å².